The van der Waals surface area contributed by atoms with Crippen molar-refractivity contribution in [2.24, 2.45) is 5.92 Å². The summed E-state index contributed by atoms with van der Waals surface area (Å²) in [6, 6.07) is 7.04. The highest BCUT2D eigenvalue weighted by Gasteiger charge is 2.32. The molecule has 2 aromatic rings. The number of carbonyl (C=O) groups excluding carboxylic acids is 1. The van der Waals surface area contributed by atoms with Gasteiger partial charge in [-0.1, -0.05) is 12.1 Å². The highest BCUT2D eigenvalue weighted by molar-refractivity contribution is 5.76. The number of hydrogen-bond donors (Lipinski definition) is 1. The Balaban J connectivity index is 1.60. The van der Waals surface area contributed by atoms with E-state index in [0.29, 0.717) is 43.8 Å². The van der Waals surface area contributed by atoms with Crippen molar-refractivity contribution in [3.8, 4) is 0 Å². The molecule has 1 saturated heterocycles. The van der Waals surface area contributed by atoms with Crippen LogP contribution in [0.2, 0.25) is 0 Å². The minimum absolute atomic E-state index is 0.124. The van der Waals surface area contributed by atoms with Gasteiger partial charge in [-0.05, 0) is 42.5 Å². The molecular formula is C20H20F4N2O3. The Kier molecular flexibility index (Phi) is 6.07. The number of hydrogen-bond acceptors (Lipinski definition) is 3. The fraction of sp³-hybridized carbons (Fsp3) is 0.400. The number of amides is 1. The van der Waals surface area contributed by atoms with Gasteiger partial charge in [0.25, 0.3) is 5.56 Å². The molecule has 0 radical (unpaired) electrons. The molecule has 1 N–H and O–H groups in total. The number of benzene rings is 1. The second-order valence-electron chi connectivity index (χ2n) is 7.10. The molecule has 1 amide bonds. The summed E-state index contributed by atoms with van der Waals surface area (Å²) in [5.74, 6) is -0.979. The Morgan fingerprint density at radius 2 is 1.72 bits per heavy atom. The van der Waals surface area contributed by atoms with Gasteiger partial charge in [-0.3, -0.25) is 9.59 Å². The Hall–Kier alpha value is -2.68. The van der Waals surface area contributed by atoms with Gasteiger partial charge >= 0.3 is 6.18 Å². The molecule has 5 nitrogen and oxygen atoms in total. The Morgan fingerprint density at radius 1 is 1.10 bits per heavy atom. The van der Waals surface area contributed by atoms with E-state index in [2.05, 4.69) is 0 Å². The van der Waals surface area contributed by atoms with Crippen LogP contribution in [0.5, 0.6) is 0 Å². The van der Waals surface area contributed by atoms with Crippen molar-refractivity contribution in [2.45, 2.75) is 31.7 Å². The zero-order valence-corrected chi connectivity index (χ0v) is 15.4. The summed E-state index contributed by atoms with van der Waals surface area (Å²) >= 11 is 0. The van der Waals surface area contributed by atoms with Crippen LogP contribution < -0.4 is 5.56 Å². The lowest BCUT2D eigenvalue weighted by molar-refractivity contribution is -0.139. The van der Waals surface area contributed by atoms with E-state index in [1.165, 1.54) is 29.2 Å². The van der Waals surface area contributed by atoms with Crippen LogP contribution in [0.15, 0.2) is 47.4 Å². The fourth-order valence-electron chi connectivity index (χ4n) is 3.47. The molecule has 1 aliphatic rings. The number of pyridine rings is 1. The van der Waals surface area contributed by atoms with Gasteiger partial charge in [0.15, 0.2) is 0 Å². The van der Waals surface area contributed by atoms with Crippen LogP contribution in [0, 0.1) is 11.7 Å². The predicted molar refractivity (Wildman–Crippen MR) is 96.4 cm³/mol. The van der Waals surface area contributed by atoms with Gasteiger partial charge in [-0.15, -0.1) is 0 Å². The monoisotopic (exact) mass is 412 g/mol. The maximum Gasteiger partial charge on any atom is 0.417 e. The van der Waals surface area contributed by atoms with Crippen LogP contribution in [0.3, 0.4) is 0 Å². The molecule has 1 aromatic heterocycles. The third-order valence-electron chi connectivity index (χ3n) is 5.17. The average Bonchev–Trinajstić information content (AvgIpc) is 2.69. The van der Waals surface area contributed by atoms with Gasteiger partial charge in [-0.2, -0.15) is 13.2 Å². The summed E-state index contributed by atoms with van der Waals surface area (Å²) in [6.07, 6.45) is -3.78. The first kappa shape index (κ1) is 21.0. The smallest absolute Gasteiger partial charge is 0.388 e. The standard InChI is InChI=1S/C20H20F4N2O3/c21-16-4-1-13(2-5-16)19(29)14-7-9-25(10-8-14)18(28)12-26-11-15(20(22,23)24)3-6-17(26)27/h1-6,11,14,19,29H,7-10,12H2. The molecule has 1 aromatic carbocycles. The highest BCUT2D eigenvalue weighted by atomic mass is 19.4. The summed E-state index contributed by atoms with van der Waals surface area (Å²) in [6.45, 7) is 0.152. The van der Waals surface area contributed by atoms with Gasteiger partial charge in [-0.25, -0.2) is 4.39 Å². The fourth-order valence-corrected chi connectivity index (χ4v) is 3.47. The summed E-state index contributed by atoms with van der Waals surface area (Å²) in [7, 11) is 0. The molecule has 1 aliphatic heterocycles. The number of aromatic nitrogens is 1. The topological polar surface area (TPSA) is 62.5 Å². The zero-order chi connectivity index (χ0) is 21.2. The third kappa shape index (κ3) is 5.03. The lowest BCUT2D eigenvalue weighted by Crippen LogP contribution is -2.42. The average molecular weight is 412 g/mol. The minimum Gasteiger partial charge on any atom is -0.388 e. The lowest BCUT2D eigenvalue weighted by Gasteiger charge is -2.34. The minimum atomic E-state index is -4.60. The number of likely N-dealkylation sites (tertiary alicyclic amines) is 1. The highest BCUT2D eigenvalue weighted by Crippen LogP contribution is 2.31. The molecule has 29 heavy (non-hydrogen) atoms. The van der Waals surface area contributed by atoms with Crippen LogP contribution >= 0.6 is 0 Å². The molecule has 3 rings (SSSR count). The molecule has 0 saturated carbocycles. The van der Waals surface area contributed by atoms with Gasteiger partial charge in [0.1, 0.15) is 12.4 Å². The van der Waals surface area contributed by atoms with Crippen LogP contribution in [-0.4, -0.2) is 33.6 Å². The second kappa shape index (κ2) is 8.36. The molecule has 156 valence electrons. The first-order chi connectivity index (χ1) is 13.6. The van der Waals surface area contributed by atoms with Crippen molar-refractivity contribution in [3.63, 3.8) is 0 Å². The van der Waals surface area contributed by atoms with E-state index in [4.69, 9.17) is 0 Å². The first-order valence-electron chi connectivity index (χ1n) is 9.14. The number of carbonyl (C=O) groups is 1. The van der Waals surface area contributed by atoms with Gasteiger partial charge in [0.2, 0.25) is 5.91 Å². The van der Waals surface area contributed by atoms with Crippen LogP contribution in [-0.2, 0) is 17.5 Å². The largest absolute Gasteiger partial charge is 0.417 e. The van der Waals surface area contributed by atoms with Crippen molar-refractivity contribution in [2.75, 3.05) is 13.1 Å². The molecule has 1 unspecified atom stereocenters. The third-order valence-corrected chi connectivity index (χ3v) is 5.17. The maximum absolute atomic E-state index is 13.0. The number of aliphatic hydroxyl groups is 1. The molecule has 2 heterocycles. The number of aliphatic hydroxyl groups excluding tert-OH is 1. The molecule has 1 fully saturated rings. The van der Waals surface area contributed by atoms with E-state index in [-0.39, 0.29) is 5.92 Å². The number of halogens is 4. The van der Waals surface area contributed by atoms with Crippen LogP contribution in [0.4, 0.5) is 17.6 Å². The van der Waals surface area contributed by atoms with Crippen molar-refractivity contribution >= 4 is 5.91 Å². The molecule has 0 bridgehead atoms. The van der Waals surface area contributed by atoms with Crippen molar-refractivity contribution in [1.82, 2.24) is 9.47 Å². The first-order valence-corrected chi connectivity index (χ1v) is 9.14. The van der Waals surface area contributed by atoms with E-state index in [1.807, 2.05) is 0 Å². The van der Waals surface area contributed by atoms with E-state index >= 15 is 0 Å². The second-order valence-corrected chi connectivity index (χ2v) is 7.10. The van der Waals surface area contributed by atoms with Crippen LogP contribution in [0.25, 0.3) is 0 Å². The van der Waals surface area contributed by atoms with Gasteiger partial charge < -0.3 is 14.6 Å². The Bertz CT molecular complexity index is 917. The van der Waals surface area contributed by atoms with E-state index in [1.54, 1.807) is 0 Å². The molecule has 9 heteroatoms. The maximum atomic E-state index is 13.0. The number of nitrogens with zero attached hydrogens (tertiary/aromatic N) is 2. The molecular weight excluding hydrogens is 392 g/mol. The summed E-state index contributed by atoms with van der Waals surface area (Å²) in [4.78, 5) is 25.7. The number of alkyl halides is 3. The van der Waals surface area contributed by atoms with Crippen molar-refractivity contribution < 1.29 is 27.5 Å². The van der Waals surface area contributed by atoms with Gasteiger partial charge in [0, 0.05) is 25.4 Å². The van der Waals surface area contributed by atoms with E-state index in [9.17, 15) is 32.3 Å². The summed E-state index contributed by atoms with van der Waals surface area (Å²) in [5.41, 5.74) is -1.09. The normalized spacial score (nSPS) is 16.7. The molecule has 0 spiro atoms. The predicted octanol–water partition coefficient (Wildman–Crippen LogP) is 2.98. The quantitative estimate of drug-likeness (QED) is 0.786. The zero-order valence-electron chi connectivity index (χ0n) is 15.4. The Morgan fingerprint density at radius 3 is 2.31 bits per heavy atom. The van der Waals surface area contributed by atoms with Crippen LogP contribution in [0.1, 0.15) is 30.1 Å². The van der Waals surface area contributed by atoms with E-state index in [0.717, 1.165) is 10.6 Å². The van der Waals surface area contributed by atoms with E-state index < -0.39 is 41.7 Å². The summed E-state index contributed by atoms with van der Waals surface area (Å²) < 4.78 is 52.2. The Labute approximate surface area is 164 Å². The van der Waals surface area contributed by atoms with Gasteiger partial charge in [0.05, 0.1) is 11.7 Å². The van der Waals surface area contributed by atoms with Crippen molar-refractivity contribution in [1.29, 1.82) is 0 Å². The lowest BCUT2D eigenvalue weighted by atomic mass is 9.87. The SMILES string of the molecule is O=C(Cn1cc(C(F)(F)F)ccc1=O)N1CCC(C(O)c2ccc(F)cc2)CC1. The number of rotatable bonds is 4. The summed E-state index contributed by atoms with van der Waals surface area (Å²) in [5, 5.41) is 10.5. The molecule has 0 aliphatic carbocycles. The number of piperidine rings is 1. The van der Waals surface area contributed by atoms with Crippen molar-refractivity contribution in [3.05, 3.63) is 69.9 Å². The molecule has 1 atom stereocenters.